The average Bonchev–Trinajstić information content (AvgIpc) is 2.40. The molecule has 0 bridgehead atoms. The number of nitrogens with one attached hydrogen (secondary N) is 3. The maximum Gasteiger partial charge on any atom is 0.408 e. The first-order valence-corrected chi connectivity index (χ1v) is 8.46. The second-order valence-corrected chi connectivity index (χ2v) is 7.68. The smallest absolute Gasteiger partial charge is 0.408 e. The van der Waals surface area contributed by atoms with Gasteiger partial charge in [0.25, 0.3) is 0 Å². The molecule has 0 fully saturated rings. The van der Waals surface area contributed by atoms with Crippen LogP contribution in [0.4, 0.5) is 10.5 Å². The summed E-state index contributed by atoms with van der Waals surface area (Å²) < 4.78 is 2.86. The van der Waals surface area contributed by atoms with Gasteiger partial charge in [-0.3, -0.25) is 5.32 Å². The van der Waals surface area contributed by atoms with Gasteiger partial charge in [0.15, 0.2) is 11.3 Å². The summed E-state index contributed by atoms with van der Waals surface area (Å²) in [6.07, 6.45) is -1.89. The van der Waals surface area contributed by atoms with Crippen molar-refractivity contribution in [3.8, 4) is 0 Å². The van der Waals surface area contributed by atoms with Crippen LogP contribution in [0, 0.1) is 0 Å². The van der Waals surface area contributed by atoms with E-state index < -0.39 is 16.1 Å². The van der Waals surface area contributed by atoms with Crippen molar-refractivity contribution in [2.75, 3.05) is 11.9 Å². The fraction of sp³-hybridized carbons (Fsp3) is 0.333. The van der Waals surface area contributed by atoms with E-state index in [1.807, 2.05) is 0 Å². The van der Waals surface area contributed by atoms with Crippen molar-refractivity contribution in [3.63, 3.8) is 0 Å². The third-order valence-corrected chi connectivity index (χ3v) is 3.74. The van der Waals surface area contributed by atoms with Crippen LogP contribution in [0.5, 0.6) is 0 Å². The van der Waals surface area contributed by atoms with Gasteiger partial charge in [-0.15, -0.1) is 0 Å². The molecule has 0 aliphatic heterocycles. The number of alkyl carbamates (subject to hydrolysis) is 1. The zero-order chi connectivity index (χ0) is 17.6. The fourth-order valence-electron chi connectivity index (χ4n) is 1.37. The lowest BCUT2D eigenvalue weighted by Crippen LogP contribution is -2.56. The molecule has 0 aromatic heterocycles. The summed E-state index contributed by atoms with van der Waals surface area (Å²) in [6, 6.07) is 4.79. The van der Waals surface area contributed by atoms with Gasteiger partial charge in [-0.05, 0) is 37.3 Å². The van der Waals surface area contributed by atoms with Crippen LogP contribution in [0.3, 0.4) is 0 Å². The predicted molar refractivity (Wildman–Crippen MR) is 100 cm³/mol. The van der Waals surface area contributed by atoms with Crippen molar-refractivity contribution in [2.24, 2.45) is 0 Å². The third kappa shape index (κ3) is 7.37. The number of rotatable bonds is 4. The van der Waals surface area contributed by atoms with Crippen LogP contribution in [0.2, 0.25) is 10.0 Å². The molecule has 3 N–H and O–H groups in total. The number of alkyl halides is 3. The number of hydrogen-bond donors (Lipinski definition) is 3. The van der Waals surface area contributed by atoms with E-state index in [1.54, 1.807) is 19.1 Å². The number of carbonyl (C=O) groups excluding carboxylic acids is 1. The van der Waals surface area contributed by atoms with Crippen molar-refractivity contribution in [3.05, 3.63) is 28.2 Å². The maximum absolute atomic E-state index is 11.5. The number of hydrogen-bond acceptors (Lipinski definition) is 3. The average molecular weight is 440 g/mol. The van der Waals surface area contributed by atoms with Crippen molar-refractivity contribution >= 4 is 87.1 Å². The van der Waals surface area contributed by atoms with Gasteiger partial charge < -0.3 is 15.4 Å². The number of carbonyl (C=O) groups is 1. The second kappa shape index (κ2) is 9.20. The molecule has 0 aliphatic rings. The first kappa shape index (κ1) is 20.7. The quantitative estimate of drug-likeness (QED) is 0.360. The molecule has 0 spiro atoms. The highest BCUT2D eigenvalue weighted by Crippen LogP contribution is 2.29. The summed E-state index contributed by atoms with van der Waals surface area (Å²) in [7, 11) is 0. The van der Waals surface area contributed by atoms with Crippen molar-refractivity contribution in [1.29, 1.82) is 0 Å². The minimum atomic E-state index is -1.87. The van der Waals surface area contributed by atoms with Crippen LogP contribution < -0.4 is 16.0 Å². The Balaban J connectivity index is 2.75. The summed E-state index contributed by atoms with van der Waals surface area (Å²) in [4.78, 5) is 11.5. The highest BCUT2D eigenvalue weighted by molar-refractivity contribution is 7.80. The molecule has 1 atom stereocenters. The monoisotopic (exact) mass is 437 g/mol. The SMILES string of the molecule is CCOC(=O)N[C@H](NC(=S)Nc1ccc(Cl)cc1Cl)C(Cl)(Cl)Cl. The first-order chi connectivity index (χ1) is 10.6. The van der Waals surface area contributed by atoms with E-state index in [-0.39, 0.29) is 11.7 Å². The molecule has 1 rings (SSSR count). The molecule has 0 heterocycles. The zero-order valence-electron chi connectivity index (χ0n) is 11.6. The highest BCUT2D eigenvalue weighted by atomic mass is 35.6. The lowest BCUT2D eigenvalue weighted by atomic mass is 10.3. The number of anilines is 1. The van der Waals surface area contributed by atoms with Gasteiger partial charge in [0.1, 0.15) is 0 Å². The predicted octanol–water partition coefficient (Wildman–Crippen LogP) is 4.72. The largest absolute Gasteiger partial charge is 0.450 e. The van der Waals surface area contributed by atoms with E-state index in [2.05, 4.69) is 16.0 Å². The first-order valence-electron chi connectivity index (χ1n) is 6.16. The Morgan fingerprint density at radius 3 is 2.48 bits per heavy atom. The van der Waals surface area contributed by atoms with Gasteiger partial charge >= 0.3 is 6.09 Å². The summed E-state index contributed by atoms with van der Waals surface area (Å²) in [6.45, 7) is 1.81. The van der Waals surface area contributed by atoms with Crippen molar-refractivity contribution in [1.82, 2.24) is 10.6 Å². The zero-order valence-corrected chi connectivity index (χ0v) is 16.2. The molecule has 1 aromatic carbocycles. The van der Waals surface area contributed by atoms with E-state index in [0.717, 1.165) is 0 Å². The Labute approximate surface area is 163 Å². The van der Waals surface area contributed by atoms with Crippen LogP contribution in [0.15, 0.2) is 18.2 Å². The molecule has 1 amide bonds. The van der Waals surface area contributed by atoms with E-state index in [9.17, 15) is 4.79 Å². The third-order valence-electron chi connectivity index (χ3n) is 2.32. The molecule has 0 saturated carbocycles. The minimum absolute atomic E-state index is 0.0716. The summed E-state index contributed by atoms with van der Waals surface area (Å²) in [5.74, 6) is 0. The lowest BCUT2D eigenvalue weighted by Gasteiger charge is -2.27. The molecular formula is C12H12Cl5N3O2S. The minimum Gasteiger partial charge on any atom is -0.450 e. The van der Waals surface area contributed by atoms with Crippen LogP contribution in [0.1, 0.15) is 6.92 Å². The van der Waals surface area contributed by atoms with Crippen LogP contribution >= 0.6 is 70.2 Å². The molecule has 0 saturated heterocycles. The van der Waals surface area contributed by atoms with E-state index >= 15 is 0 Å². The highest BCUT2D eigenvalue weighted by Gasteiger charge is 2.35. The standard InChI is InChI=1S/C12H12Cl5N3O2S/c1-2-22-11(21)20-9(12(15,16)17)19-10(23)18-8-4-3-6(13)5-7(8)14/h3-5,9H,2H2,1H3,(H,20,21)(H2,18,19,23)/t9-/m0/s1. The van der Waals surface area contributed by atoms with E-state index in [4.69, 9.17) is 75.0 Å². The Kier molecular flexibility index (Phi) is 8.27. The van der Waals surface area contributed by atoms with Gasteiger partial charge in [0, 0.05) is 5.02 Å². The van der Waals surface area contributed by atoms with Gasteiger partial charge in [0.05, 0.1) is 17.3 Å². The van der Waals surface area contributed by atoms with Gasteiger partial charge in [-0.1, -0.05) is 58.0 Å². The second-order valence-electron chi connectivity index (χ2n) is 4.06. The molecule has 128 valence electrons. The van der Waals surface area contributed by atoms with Crippen molar-refractivity contribution < 1.29 is 9.53 Å². The van der Waals surface area contributed by atoms with E-state index in [0.29, 0.717) is 15.7 Å². The van der Waals surface area contributed by atoms with Gasteiger partial charge in [-0.25, -0.2) is 4.79 Å². The van der Waals surface area contributed by atoms with Crippen LogP contribution in [0.25, 0.3) is 0 Å². The number of halogens is 5. The van der Waals surface area contributed by atoms with Crippen LogP contribution in [-0.4, -0.2) is 27.8 Å². The molecule has 0 unspecified atom stereocenters. The van der Waals surface area contributed by atoms with Crippen LogP contribution in [-0.2, 0) is 4.74 Å². The lowest BCUT2D eigenvalue weighted by molar-refractivity contribution is 0.147. The molecule has 0 aliphatic carbocycles. The summed E-state index contributed by atoms with van der Waals surface area (Å²) in [5.41, 5.74) is 0.493. The Bertz CT molecular complexity index is 582. The molecule has 0 radical (unpaired) electrons. The summed E-state index contributed by atoms with van der Waals surface area (Å²) in [5, 5.41) is 8.71. The van der Waals surface area contributed by atoms with E-state index in [1.165, 1.54) is 6.07 Å². The topological polar surface area (TPSA) is 62.4 Å². The Morgan fingerprint density at radius 2 is 1.96 bits per heavy atom. The number of ether oxygens (including phenoxy) is 1. The Morgan fingerprint density at radius 1 is 1.30 bits per heavy atom. The number of thiocarbonyl (C=S) groups is 1. The normalized spacial score (nSPS) is 12.3. The van der Waals surface area contributed by atoms with Gasteiger partial charge in [0.2, 0.25) is 3.79 Å². The molecular weight excluding hydrogens is 427 g/mol. The number of amides is 1. The maximum atomic E-state index is 11.5. The Hall–Kier alpha value is -0.370. The molecule has 1 aromatic rings. The molecule has 23 heavy (non-hydrogen) atoms. The molecule has 5 nitrogen and oxygen atoms in total. The van der Waals surface area contributed by atoms with Gasteiger partial charge in [-0.2, -0.15) is 0 Å². The summed E-state index contributed by atoms with van der Waals surface area (Å²) >= 11 is 34.4. The molecule has 11 heteroatoms. The fourth-order valence-corrected chi connectivity index (χ4v) is 2.38. The van der Waals surface area contributed by atoms with Crippen molar-refractivity contribution in [2.45, 2.75) is 16.9 Å². The number of benzene rings is 1.